The second-order valence-electron chi connectivity index (χ2n) is 3.48. The Morgan fingerprint density at radius 3 is 2.67 bits per heavy atom. The van der Waals surface area contributed by atoms with Crippen molar-refractivity contribution in [3.8, 4) is 0 Å². The zero-order valence-electron chi connectivity index (χ0n) is 10.3. The summed E-state index contributed by atoms with van der Waals surface area (Å²) in [6.07, 6.45) is 0. The summed E-state index contributed by atoms with van der Waals surface area (Å²) in [5.74, 6) is 0.914. The molecule has 0 unspecified atom stereocenters. The van der Waals surface area contributed by atoms with Crippen molar-refractivity contribution in [2.45, 2.75) is 23.2 Å². The molecule has 0 amide bonds. The van der Waals surface area contributed by atoms with E-state index in [2.05, 4.69) is 33.7 Å². The molecule has 0 bridgehead atoms. The Kier molecular flexibility index (Phi) is 4.38. The molecular formula is C11H15N5S2. The topological polar surface area (TPSA) is 67.9 Å². The molecule has 2 N–H and O–H groups in total. The van der Waals surface area contributed by atoms with Gasteiger partial charge in [-0.25, -0.2) is 0 Å². The molecule has 0 spiro atoms. The highest BCUT2D eigenvalue weighted by Crippen LogP contribution is 2.29. The maximum Gasteiger partial charge on any atom is 0.231 e. The molecule has 0 aliphatic rings. The molecule has 5 nitrogen and oxygen atoms in total. The van der Waals surface area contributed by atoms with Crippen LogP contribution in [0.4, 0.5) is 11.9 Å². The van der Waals surface area contributed by atoms with Crippen LogP contribution in [0.2, 0.25) is 0 Å². The van der Waals surface area contributed by atoms with Crippen LogP contribution in [0.1, 0.15) is 13.8 Å². The van der Waals surface area contributed by atoms with E-state index in [-0.39, 0.29) is 5.95 Å². The summed E-state index contributed by atoms with van der Waals surface area (Å²) in [4.78, 5) is 14.8. The van der Waals surface area contributed by atoms with Crippen molar-refractivity contribution in [2.75, 3.05) is 23.7 Å². The number of nitrogen functional groups attached to an aromatic ring is 1. The number of hydrogen-bond donors (Lipinski definition) is 1. The summed E-state index contributed by atoms with van der Waals surface area (Å²) in [6, 6.07) is 4.04. The van der Waals surface area contributed by atoms with E-state index < -0.39 is 0 Å². The molecule has 0 fully saturated rings. The number of rotatable bonds is 5. The molecule has 0 saturated carbocycles. The molecule has 2 heterocycles. The highest BCUT2D eigenvalue weighted by atomic mass is 32.2. The number of thiophene rings is 1. The van der Waals surface area contributed by atoms with Crippen LogP contribution in [-0.2, 0) is 0 Å². The fraction of sp³-hybridized carbons (Fsp3) is 0.364. The van der Waals surface area contributed by atoms with Crippen LogP contribution in [0.3, 0.4) is 0 Å². The van der Waals surface area contributed by atoms with Gasteiger partial charge >= 0.3 is 0 Å². The third-order valence-corrected chi connectivity index (χ3v) is 4.26. The molecule has 7 heteroatoms. The minimum atomic E-state index is 0.269. The standard InChI is InChI=1S/C11H15N5S2/c1-3-16(4-2)10-13-9(12)14-11(15-10)18-8-6-5-7-17-8/h5-7H,3-4H2,1-2H3,(H2,12,13,14,15). The van der Waals surface area contributed by atoms with Crippen molar-refractivity contribution in [2.24, 2.45) is 0 Å². The Morgan fingerprint density at radius 1 is 1.28 bits per heavy atom. The van der Waals surface area contributed by atoms with E-state index in [9.17, 15) is 0 Å². The first kappa shape index (κ1) is 13.1. The lowest BCUT2D eigenvalue weighted by atomic mass is 10.5. The summed E-state index contributed by atoms with van der Waals surface area (Å²) in [6.45, 7) is 5.83. The predicted octanol–water partition coefficient (Wildman–Crippen LogP) is 2.51. The summed E-state index contributed by atoms with van der Waals surface area (Å²) >= 11 is 3.17. The first-order valence-electron chi connectivity index (χ1n) is 5.70. The van der Waals surface area contributed by atoms with Gasteiger partial charge in [0.15, 0.2) is 5.16 Å². The van der Waals surface area contributed by atoms with Crippen molar-refractivity contribution < 1.29 is 0 Å². The molecular weight excluding hydrogens is 266 g/mol. The molecule has 96 valence electrons. The van der Waals surface area contributed by atoms with Crippen LogP contribution < -0.4 is 10.6 Å². The van der Waals surface area contributed by atoms with Gasteiger partial charge in [0.2, 0.25) is 11.9 Å². The second-order valence-corrected chi connectivity index (χ2v) is 5.70. The lowest BCUT2D eigenvalue weighted by Gasteiger charge is -2.18. The van der Waals surface area contributed by atoms with Crippen molar-refractivity contribution in [1.82, 2.24) is 15.0 Å². The maximum atomic E-state index is 5.74. The maximum absolute atomic E-state index is 5.74. The molecule has 0 aliphatic heterocycles. The van der Waals surface area contributed by atoms with E-state index in [0.29, 0.717) is 11.1 Å². The Morgan fingerprint density at radius 2 is 2.06 bits per heavy atom. The molecule has 0 saturated heterocycles. The van der Waals surface area contributed by atoms with Gasteiger partial charge in [-0.05, 0) is 37.1 Å². The highest BCUT2D eigenvalue weighted by molar-refractivity contribution is 8.01. The lowest BCUT2D eigenvalue weighted by molar-refractivity contribution is 0.787. The van der Waals surface area contributed by atoms with Crippen LogP contribution in [0, 0.1) is 0 Å². The van der Waals surface area contributed by atoms with Gasteiger partial charge in [0.1, 0.15) is 0 Å². The smallest absolute Gasteiger partial charge is 0.231 e. The van der Waals surface area contributed by atoms with Crippen molar-refractivity contribution in [3.63, 3.8) is 0 Å². The van der Waals surface area contributed by atoms with Gasteiger partial charge in [0.25, 0.3) is 0 Å². The minimum Gasteiger partial charge on any atom is -0.368 e. The summed E-state index contributed by atoms with van der Waals surface area (Å²) in [5.41, 5.74) is 5.74. The Labute approximate surface area is 114 Å². The Bertz CT molecular complexity index is 496. The van der Waals surface area contributed by atoms with Crippen LogP contribution in [-0.4, -0.2) is 28.0 Å². The monoisotopic (exact) mass is 281 g/mol. The molecule has 0 aromatic carbocycles. The first-order chi connectivity index (χ1) is 8.72. The molecule has 18 heavy (non-hydrogen) atoms. The van der Waals surface area contributed by atoms with Gasteiger partial charge in [0.05, 0.1) is 4.21 Å². The van der Waals surface area contributed by atoms with Crippen LogP contribution in [0.15, 0.2) is 26.9 Å². The molecule has 2 aromatic heterocycles. The molecule has 0 radical (unpaired) electrons. The van der Waals surface area contributed by atoms with Crippen LogP contribution in [0.25, 0.3) is 0 Å². The summed E-state index contributed by atoms with van der Waals surface area (Å²) < 4.78 is 1.14. The number of hydrogen-bond acceptors (Lipinski definition) is 7. The first-order valence-corrected chi connectivity index (χ1v) is 7.40. The largest absolute Gasteiger partial charge is 0.368 e. The molecule has 0 aliphatic carbocycles. The van der Waals surface area contributed by atoms with Crippen molar-refractivity contribution >= 4 is 35.0 Å². The quantitative estimate of drug-likeness (QED) is 0.908. The third-order valence-electron chi connectivity index (χ3n) is 2.35. The van der Waals surface area contributed by atoms with E-state index in [1.807, 2.05) is 17.5 Å². The van der Waals surface area contributed by atoms with E-state index in [4.69, 9.17) is 5.73 Å². The highest BCUT2D eigenvalue weighted by Gasteiger charge is 2.10. The number of aromatic nitrogens is 3. The van der Waals surface area contributed by atoms with Crippen LogP contribution in [0.5, 0.6) is 0 Å². The van der Waals surface area contributed by atoms with Crippen LogP contribution >= 0.6 is 23.1 Å². The minimum absolute atomic E-state index is 0.269. The summed E-state index contributed by atoms with van der Waals surface area (Å²) in [7, 11) is 0. The number of anilines is 2. The van der Waals surface area contributed by atoms with Gasteiger partial charge in [0, 0.05) is 13.1 Å². The van der Waals surface area contributed by atoms with Gasteiger partial charge in [-0.3, -0.25) is 0 Å². The summed E-state index contributed by atoms with van der Waals surface area (Å²) in [5, 5.41) is 2.67. The van der Waals surface area contributed by atoms with Gasteiger partial charge < -0.3 is 10.6 Å². The van der Waals surface area contributed by atoms with E-state index in [1.165, 1.54) is 11.8 Å². The van der Waals surface area contributed by atoms with E-state index >= 15 is 0 Å². The molecule has 2 aromatic rings. The van der Waals surface area contributed by atoms with Gasteiger partial charge in [-0.2, -0.15) is 15.0 Å². The normalized spacial score (nSPS) is 10.6. The average molecular weight is 281 g/mol. The Balaban J connectivity index is 2.26. The fourth-order valence-corrected chi connectivity index (χ4v) is 3.09. The zero-order valence-corrected chi connectivity index (χ0v) is 12.0. The predicted molar refractivity (Wildman–Crippen MR) is 76.2 cm³/mol. The Hall–Kier alpha value is -1.34. The van der Waals surface area contributed by atoms with E-state index in [0.717, 1.165) is 17.3 Å². The molecule has 0 atom stereocenters. The third kappa shape index (κ3) is 3.11. The fourth-order valence-electron chi connectivity index (χ4n) is 1.47. The van der Waals surface area contributed by atoms with Crippen molar-refractivity contribution in [3.05, 3.63) is 17.5 Å². The molecule has 2 rings (SSSR count). The SMILES string of the molecule is CCN(CC)c1nc(N)nc(Sc2cccs2)n1. The number of nitrogens with zero attached hydrogens (tertiary/aromatic N) is 4. The second kappa shape index (κ2) is 6.01. The lowest BCUT2D eigenvalue weighted by Crippen LogP contribution is -2.25. The van der Waals surface area contributed by atoms with Crippen molar-refractivity contribution in [1.29, 1.82) is 0 Å². The number of nitrogens with two attached hydrogens (primary N) is 1. The average Bonchev–Trinajstić information content (AvgIpc) is 2.83. The van der Waals surface area contributed by atoms with E-state index in [1.54, 1.807) is 11.3 Å². The zero-order chi connectivity index (χ0) is 13.0. The van der Waals surface area contributed by atoms with Gasteiger partial charge in [-0.1, -0.05) is 6.07 Å². The van der Waals surface area contributed by atoms with Gasteiger partial charge in [-0.15, -0.1) is 11.3 Å².